The number of hydrogen-bond donors (Lipinski definition) is 1. The van der Waals surface area contributed by atoms with Gasteiger partial charge in [0.25, 0.3) is 5.91 Å². The van der Waals surface area contributed by atoms with Crippen molar-refractivity contribution in [1.82, 2.24) is 9.55 Å². The second-order valence-corrected chi connectivity index (χ2v) is 5.84. The SMILES string of the molecule is COCC(C)n1c(C)cc(/C=C(\C#N)C(=O)Nc2ccccn2)c1C. The van der Waals surface area contributed by atoms with Crippen LogP contribution in [0.4, 0.5) is 5.82 Å². The minimum atomic E-state index is -0.476. The number of nitrogens with one attached hydrogen (secondary N) is 1. The van der Waals surface area contributed by atoms with Crippen LogP contribution in [0.25, 0.3) is 6.08 Å². The fraction of sp³-hybridized carbons (Fsp3) is 0.316. The zero-order chi connectivity index (χ0) is 18.4. The van der Waals surface area contributed by atoms with Crippen molar-refractivity contribution in [2.24, 2.45) is 0 Å². The summed E-state index contributed by atoms with van der Waals surface area (Å²) in [6, 6.07) is 9.30. The van der Waals surface area contributed by atoms with Crippen molar-refractivity contribution in [2.75, 3.05) is 19.0 Å². The second-order valence-electron chi connectivity index (χ2n) is 5.84. The van der Waals surface area contributed by atoms with E-state index in [-0.39, 0.29) is 11.6 Å². The molecule has 2 rings (SSSR count). The molecule has 2 aromatic heterocycles. The van der Waals surface area contributed by atoms with Gasteiger partial charge in [-0.25, -0.2) is 4.98 Å². The largest absolute Gasteiger partial charge is 0.383 e. The molecule has 0 saturated carbocycles. The van der Waals surface area contributed by atoms with Crippen LogP contribution in [0.15, 0.2) is 36.0 Å². The highest BCUT2D eigenvalue weighted by Gasteiger charge is 2.16. The van der Waals surface area contributed by atoms with Gasteiger partial charge in [0, 0.05) is 24.7 Å². The van der Waals surface area contributed by atoms with Gasteiger partial charge < -0.3 is 14.6 Å². The number of carbonyl (C=O) groups is 1. The molecule has 130 valence electrons. The molecule has 6 nitrogen and oxygen atoms in total. The standard InChI is InChI=1S/C19H22N4O2/c1-13-9-16(15(3)23(13)14(2)12-25-4)10-17(11-20)19(24)22-18-7-5-6-8-21-18/h5-10,14H,12H2,1-4H3,(H,21,22,24)/b17-10+. The van der Waals surface area contributed by atoms with E-state index in [1.165, 1.54) is 0 Å². The lowest BCUT2D eigenvalue weighted by Gasteiger charge is -2.17. The summed E-state index contributed by atoms with van der Waals surface area (Å²) >= 11 is 0. The summed E-state index contributed by atoms with van der Waals surface area (Å²) in [5, 5.41) is 12.0. The first-order valence-corrected chi connectivity index (χ1v) is 7.99. The van der Waals surface area contributed by atoms with Crippen LogP contribution in [0, 0.1) is 25.2 Å². The lowest BCUT2D eigenvalue weighted by molar-refractivity contribution is -0.112. The molecule has 0 spiro atoms. The van der Waals surface area contributed by atoms with Crippen LogP contribution >= 0.6 is 0 Å². The summed E-state index contributed by atoms with van der Waals surface area (Å²) in [7, 11) is 1.67. The number of methoxy groups -OCH3 is 1. The number of aromatic nitrogens is 2. The van der Waals surface area contributed by atoms with Crippen molar-refractivity contribution in [3.63, 3.8) is 0 Å². The molecule has 0 bridgehead atoms. The minimum Gasteiger partial charge on any atom is -0.383 e. The summed E-state index contributed by atoms with van der Waals surface area (Å²) in [4.78, 5) is 16.4. The highest BCUT2D eigenvalue weighted by molar-refractivity contribution is 6.09. The number of hydrogen-bond acceptors (Lipinski definition) is 4. The van der Waals surface area contributed by atoms with Crippen LogP contribution < -0.4 is 5.32 Å². The Morgan fingerprint density at radius 3 is 2.84 bits per heavy atom. The Morgan fingerprint density at radius 1 is 1.48 bits per heavy atom. The number of nitriles is 1. The number of rotatable bonds is 6. The minimum absolute atomic E-state index is 0.0327. The third-order valence-corrected chi connectivity index (χ3v) is 3.94. The van der Waals surface area contributed by atoms with Gasteiger partial charge in [0.15, 0.2) is 0 Å². The molecular weight excluding hydrogens is 316 g/mol. The first-order chi connectivity index (χ1) is 12.0. The zero-order valence-electron chi connectivity index (χ0n) is 14.9. The predicted molar refractivity (Wildman–Crippen MR) is 96.9 cm³/mol. The maximum Gasteiger partial charge on any atom is 0.267 e. The molecule has 6 heteroatoms. The molecule has 2 aromatic rings. The average Bonchev–Trinajstić information content (AvgIpc) is 2.87. The third kappa shape index (κ3) is 4.34. The number of amides is 1. The van der Waals surface area contributed by atoms with Gasteiger partial charge in [0.2, 0.25) is 0 Å². The molecule has 0 aliphatic rings. The molecule has 1 amide bonds. The average molecular weight is 338 g/mol. The lowest BCUT2D eigenvalue weighted by atomic mass is 10.1. The number of aryl methyl sites for hydroxylation is 1. The van der Waals surface area contributed by atoms with Gasteiger partial charge in [-0.1, -0.05) is 6.07 Å². The molecule has 25 heavy (non-hydrogen) atoms. The van der Waals surface area contributed by atoms with Crippen LogP contribution in [0.5, 0.6) is 0 Å². The number of ether oxygens (including phenoxy) is 1. The van der Waals surface area contributed by atoms with E-state index >= 15 is 0 Å². The molecule has 0 aromatic carbocycles. The van der Waals surface area contributed by atoms with Crippen molar-refractivity contribution in [1.29, 1.82) is 5.26 Å². The number of nitrogens with zero attached hydrogens (tertiary/aromatic N) is 3. The molecule has 1 N–H and O–H groups in total. The van der Waals surface area contributed by atoms with E-state index in [0.29, 0.717) is 12.4 Å². The zero-order valence-corrected chi connectivity index (χ0v) is 14.9. The van der Waals surface area contributed by atoms with Crippen LogP contribution in [-0.4, -0.2) is 29.2 Å². The smallest absolute Gasteiger partial charge is 0.267 e. The Bertz CT molecular complexity index is 816. The molecule has 1 atom stereocenters. The van der Waals surface area contributed by atoms with Crippen molar-refractivity contribution in [3.05, 3.63) is 53.0 Å². The Kier molecular flexibility index (Phi) is 6.09. The van der Waals surface area contributed by atoms with E-state index in [0.717, 1.165) is 17.0 Å². The second kappa shape index (κ2) is 8.27. The number of carbonyl (C=O) groups excluding carboxylic acids is 1. The lowest BCUT2D eigenvalue weighted by Crippen LogP contribution is -2.15. The summed E-state index contributed by atoms with van der Waals surface area (Å²) in [5.41, 5.74) is 2.91. The third-order valence-electron chi connectivity index (χ3n) is 3.94. The molecule has 0 fully saturated rings. The van der Waals surface area contributed by atoms with E-state index in [1.807, 2.05) is 26.0 Å². The summed E-state index contributed by atoms with van der Waals surface area (Å²) < 4.78 is 7.36. The highest BCUT2D eigenvalue weighted by Crippen LogP contribution is 2.23. The topological polar surface area (TPSA) is 79.9 Å². The van der Waals surface area contributed by atoms with Crippen molar-refractivity contribution < 1.29 is 9.53 Å². The molecule has 0 aliphatic heterocycles. The summed E-state index contributed by atoms with van der Waals surface area (Å²) in [6.07, 6.45) is 3.19. The predicted octanol–water partition coefficient (Wildman–Crippen LogP) is 3.25. The number of anilines is 1. The van der Waals surface area contributed by atoms with Gasteiger partial charge in [0.1, 0.15) is 17.5 Å². The molecule has 0 saturated heterocycles. The quantitative estimate of drug-likeness (QED) is 0.647. The fourth-order valence-electron chi connectivity index (χ4n) is 2.87. The van der Waals surface area contributed by atoms with Gasteiger partial charge in [-0.05, 0) is 50.6 Å². The van der Waals surface area contributed by atoms with E-state index in [2.05, 4.69) is 21.8 Å². The Hall–Kier alpha value is -2.91. The summed E-state index contributed by atoms with van der Waals surface area (Å²) in [6.45, 7) is 6.62. The van der Waals surface area contributed by atoms with Crippen LogP contribution in [-0.2, 0) is 9.53 Å². The maximum atomic E-state index is 12.3. The van der Waals surface area contributed by atoms with Gasteiger partial charge in [-0.2, -0.15) is 5.26 Å². The van der Waals surface area contributed by atoms with Crippen molar-refractivity contribution in [2.45, 2.75) is 26.8 Å². The van der Waals surface area contributed by atoms with Crippen LogP contribution in [0.2, 0.25) is 0 Å². The first kappa shape index (κ1) is 18.4. The van der Waals surface area contributed by atoms with Gasteiger partial charge in [-0.15, -0.1) is 0 Å². The Labute approximate surface area is 147 Å². The molecule has 1 unspecified atom stereocenters. The van der Waals surface area contributed by atoms with E-state index in [4.69, 9.17) is 4.74 Å². The monoisotopic (exact) mass is 338 g/mol. The molecule has 2 heterocycles. The van der Waals surface area contributed by atoms with E-state index < -0.39 is 5.91 Å². The van der Waals surface area contributed by atoms with Crippen LogP contribution in [0.1, 0.15) is 29.9 Å². The van der Waals surface area contributed by atoms with Crippen molar-refractivity contribution in [3.8, 4) is 6.07 Å². The maximum absolute atomic E-state index is 12.3. The van der Waals surface area contributed by atoms with E-state index in [9.17, 15) is 10.1 Å². The fourth-order valence-corrected chi connectivity index (χ4v) is 2.87. The first-order valence-electron chi connectivity index (χ1n) is 7.99. The Balaban J connectivity index is 2.29. The van der Waals surface area contributed by atoms with E-state index in [1.54, 1.807) is 37.6 Å². The highest BCUT2D eigenvalue weighted by atomic mass is 16.5. The molecule has 0 aliphatic carbocycles. The van der Waals surface area contributed by atoms with Crippen LogP contribution in [0.3, 0.4) is 0 Å². The molecule has 0 radical (unpaired) electrons. The molecular formula is C19H22N4O2. The van der Waals surface area contributed by atoms with Gasteiger partial charge in [0.05, 0.1) is 12.6 Å². The summed E-state index contributed by atoms with van der Waals surface area (Å²) in [5.74, 6) is -0.0659. The Morgan fingerprint density at radius 2 is 2.24 bits per heavy atom. The van der Waals surface area contributed by atoms with Gasteiger partial charge in [-0.3, -0.25) is 4.79 Å². The van der Waals surface area contributed by atoms with Gasteiger partial charge >= 0.3 is 0 Å². The number of pyridine rings is 1. The normalized spacial score (nSPS) is 12.5. The van der Waals surface area contributed by atoms with Crippen molar-refractivity contribution >= 4 is 17.8 Å².